The van der Waals surface area contributed by atoms with Crippen molar-refractivity contribution in [2.75, 3.05) is 11.9 Å². The van der Waals surface area contributed by atoms with Crippen LogP contribution in [0.4, 0.5) is 23.7 Å². The molecule has 9 heteroatoms. The zero-order valence-corrected chi connectivity index (χ0v) is 15.3. The van der Waals surface area contributed by atoms with Gasteiger partial charge < -0.3 is 16.4 Å². The van der Waals surface area contributed by atoms with E-state index in [0.717, 1.165) is 31.4 Å². The zero-order valence-electron chi connectivity index (χ0n) is 15.3. The van der Waals surface area contributed by atoms with Crippen molar-refractivity contribution < 1.29 is 22.8 Å². The molecule has 0 aromatic heterocycles. The average Bonchev–Trinajstić information content (AvgIpc) is 2.56. The van der Waals surface area contributed by atoms with Gasteiger partial charge in [-0.2, -0.15) is 13.2 Å². The Morgan fingerprint density at radius 2 is 1.89 bits per heavy atom. The number of nitrogens with two attached hydrogens (primary N) is 1. The Morgan fingerprint density at radius 3 is 2.44 bits per heavy atom. The van der Waals surface area contributed by atoms with Crippen LogP contribution in [0.25, 0.3) is 0 Å². The van der Waals surface area contributed by atoms with Crippen molar-refractivity contribution in [1.29, 1.82) is 0 Å². The summed E-state index contributed by atoms with van der Waals surface area (Å²) in [5, 5.41) is 4.79. The van der Waals surface area contributed by atoms with Crippen molar-refractivity contribution in [2.24, 2.45) is 5.73 Å². The van der Waals surface area contributed by atoms with Crippen molar-refractivity contribution in [1.82, 2.24) is 10.2 Å². The summed E-state index contributed by atoms with van der Waals surface area (Å²) in [4.78, 5) is 26.0. The van der Waals surface area contributed by atoms with Crippen LogP contribution in [0.1, 0.15) is 38.7 Å². The van der Waals surface area contributed by atoms with Crippen LogP contribution < -0.4 is 16.4 Å². The van der Waals surface area contributed by atoms with Gasteiger partial charge in [-0.05, 0) is 44.9 Å². The number of rotatable bonds is 5. The molecular formula is C18H25F3N4O2. The quantitative estimate of drug-likeness (QED) is 0.727. The minimum absolute atomic E-state index is 0.0229. The van der Waals surface area contributed by atoms with Crippen LogP contribution in [0, 0.1) is 0 Å². The summed E-state index contributed by atoms with van der Waals surface area (Å²) in [5.41, 5.74) is 4.52. The molecule has 1 heterocycles. The van der Waals surface area contributed by atoms with Crippen LogP contribution in [0.5, 0.6) is 0 Å². The highest BCUT2D eigenvalue weighted by Gasteiger charge is 2.31. The smallest absolute Gasteiger partial charge is 0.368 e. The van der Waals surface area contributed by atoms with Gasteiger partial charge in [0.1, 0.15) is 6.04 Å². The Bertz CT molecular complexity index is 671. The average molecular weight is 386 g/mol. The molecule has 27 heavy (non-hydrogen) atoms. The topological polar surface area (TPSA) is 87.5 Å². The van der Waals surface area contributed by atoms with Crippen molar-refractivity contribution in [3.63, 3.8) is 0 Å². The molecule has 2 rings (SSSR count). The lowest BCUT2D eigenvalue weighted by molar-refractivity contribution is -0.137. The number of amides is 3. The standard InChI is InChI=1S/C18H25F3N4O2/c1-11-5-3-6-12(2)25(11)10-15(16(22)26)24-17(27)23-14-8-4-7-13(9-14)18(19,20)21/h4,7-9,11-12,15H,3,5-6,10H2,1-2H3,(H2,22,26)(H2,23,24,27)/t11-,12+,15-/m1/s1. The van der Waals surface area contributed by atoms with Gasteiger partial charge in [0.2, 0.25) is 5.91 Å². The Kier molecular flexibility index (Phi) is 6.69. The van der Waals surface area contributed by atoms with E-state index >= 15 is 0 Å². The molecule has 3 amide bonds. The van der Waals surface area contributed by atoms with Gasteiger partial charge in [0.05, 0.1) is 5.56 Å². The molecule has 1 aromatic carbocycles. The number of hydrogen-bond donors (Lipinski definition) is 3. The second-order valence-corrected chi connectivity index (χ2v) is 6.96. The van der Waals surface area contributed by atoms with E-state index in [9.17, 15) is 22.8 Å². The van der Waals surface area contributed by atoms with E-state index in [2.05, 4.69) is 29.4 Å². The van der Waals surface area contributed by atoms with E-state index in [4.69, 9.17) is 5.73 Å². The molecule has 0 spiro atoms. The van der Waals surface area contributed by atoms with Gasteiger partial charge in [0, 0.05) is 24.3 Å². The number of carbonyl (C=O) groups excluding carboxylic acids is 2. The molecule has 6 nitrogen and oxygen atoms in total. The Hall–Kier alpha value is -2.29. The first kappa shape index (κ1) is 21.0. The van der Waals surface area contributed by atoms with E-state index in [1.807, 2.05) is 0 Å². The Labute approximate surface area is 156 Å². The number of primary amides is 1. The first-order valence-electron chi connectivity index (χ1n) is 8.87. The molecular weight excluding hydrogens is 361 g/mol. The summed E-state index contributed by atoms with van der Waals surface area (Å²) in [6.07, 6.45) is -1.42. The first-order valence-corrected chi connectivity index (χ1v) is 8.87. The number of halogens is 3. The molecule has 150 valence electrons. The number of carbonyl (C=O) groups is 2. The molecule has 0 bridgehead atoms. The van der Waals surface area contributed by atoms with Gasteiger partial charge in [-0.15, -0.1) is 0 Å². The van der Waals surface area contributed by atoms with Gasteiger partial charge in [-0.25, -0.2) is 4.79 Å². The number of benzene rings is 1. The molecule has 0 aliphatic carbocycles. The maximum atomic E-state index is 12.8. The van der Waals surface area contributed by atoms with E-state index in [1.54, 1.807) is 0 Å². The predicted octanol–water partition coefficient (Wildman–Crippen LogP) is 2.94. The van der Waals surface area contributed by atoms with Crippen LogP contribution in [0.15, 0.2) is 24.3 Å². The number of piperidine rings is 1. The van der Waals surface area contributed by atoms with Crippen LogP contribution in [-0.4, -0.2) is 41.5 Å². The predicted molar refractivity (Wildman–Crippen MR) is 96.1 cm³/mol. The summed E-state index contributed by atoms with van der Waals surface area (Å²) >= 11 is 0. The number of anilines is 1. The van der Waals surface area contributed by atoms with Crippen molar-refractivity contribution in [3.05, 3.63) is 29.8 Å². The third-order valence-electron chi connectivity index (χ3n) is 4.87. The number of likely N-dealkylation sites (tertiary alicyclic amines) is 1. The van der Waals surface area contributed by atoms with Crippen LogP contribution in [-0.2, 0) is 11.0 Å². The molecule has 0 unspecified atom stereocenters. The van der Waals surface area contributed by atoms with E-state index in [1.165, 1.54) is 12.1 Å². The molecule has 4 N–H and O–H groups in total. The van der Waals surface area contributed by atoms with E-state index < -0.39 is 29.7 Å². The molecule has 1 aliphatic heterocycles. The fraction of sp³-hybridized carbons (Fsp3) is 0.556. The van der Waals surface area contributed by atoms with Crippen LogP contribution >= 0.6 is 0 Å². The van der Waals surface area contributed by atoms with Gasteiger partial charge in [-0.3, -0.25) is 9.69 Å². The largest absolute Gasteiger partial charge is 0.416 e. The molecule has 1 aliphatic rings. The number of nitrogens with one attached hydrogen (secondary N) is 2. The summed E-state index contributed by atoms with van der Waals surface area (Å²) in [6, 6.07) is 3.05. The third-order valence-corrected chi connectivity index (χ3v) is 4.87. The van der Waals surface area contributed by atoms with Crippen LogP contribution in [0.3, 0.4) is 0 Å². The van der Waals surface area contributed by atoms with Gasteiger partial charge in [0.15, 0.2) is 0 Å². The summed E-state index contributed by atoms with van der Waals surface area (Å²) < 4.78 is 38.3. The minimum atomic E-state index is -4.51. The zero-order chi connectivity index (χ0) is 20.2. The number of urea groups is 1. The highest BCUT2D eigenvalue weighted by atomic mass is 19.4. The summed E-state index contributed by atoms with van der Waals surface area (Å²) in [5.74, 6) is -0.695. The third kappa shape index (κ3) is 5.85. The molecule has 3 atom stereocenters. The maximum Gasteiger partial charge on any atom is 0.416 e. The second-order valence-electron chi connectivity index (χ2n) is 6.96. The van der Waals surface area contributed by atoms with Crippen molar-refractivity contribution >= 4 is 17.6 Å². The first-order chi connectivity index (χ1) is 12.6. The fourth-order valence-electron chi connectivity index (χ4n) is 3.35. The van der Waals surface area contributed by atoms with Gasteiger partial charge in [-0.1, -0.05) is 12.5 Å². The van der Waals surface area contributed by atoms with Crippen LogP contribution in [0.2, 0.25) is 0 Å². The lowest BCUT2D eigenvalue weighted by Gasteiger charge is -2.40. The monoisotopic (exact) mass is 386 g/mol. The molecule has 1 saturated heterocycles. The second kappa shape index (κ2) is 8.60. The van der Waals surface area contributed by atoms with Crippen molar-refractivity contribution in [3.8, 4) is 0 Å². The lowest BCUT2D eigenvalue weighted by atomic mass is 9.97. The minimum Gasteiger partial charge on any atom is -0.368 e. The van der Waals surface area contributed by atoms with Crippen molar-refractivity contribution in [2.45, 2.75) is 57.4 Å². The Morgan fingerprint density at radius 1 is 1.26 bits per heavy atom. The number of nitrogens with zero attached hydrogens (tertiary/aromatic N) is 1. The number of hydrogen-bond acceptors (Lipinski definition) is 3. The molecule has 0 saturated carbocycles. The molecule has 1 fully saturated rings. The van der Waals surface area contributed by atoms with E-state index in [0.29, 0.717) is 0 Å². The fourth-order valence-corrected chi connectivity index (χ4v) is 3.35. The summed E-state index contributed by atoms with van der Waals surface area (Å²) in [7, 11) is 0. The maximum absolute atomic E-state index is 12.8. The summed E-state index contributed by atoms with van der Waals surface area (Å²) in [6.45, 7) is 4.36. The highest BCUT2D eigenvalue weighted by molar-refractivity contribution is 5.93. The normalized spacial score (nSPS) is 22.1. The van der Waals surface area contributed by atoms with Gasteiger partial charge >= 0.3 is 12.2 Å². The van der Waals surface area contributed by atoms with E-state index in [-0.39, 0.29) is 24.3 Å². The highest BCUT2D eigenvalue weighted by Crippen LogP contribution is 2.30. The Balaban J connectivity index is 2.02. The molecule has 1 aromatic rings. The van der Waals surface area contributed by atoms with Gasteiger partial charge in [0.25, 0.3) is 0 Å². The number of alkyl halides is 3. The lowest BCUT2D eigenvalue weighted by Crippen LogP contribution is -2.56. The molecule has 0 radical (unpaired) electrons. The SMILES string of the molecule is C[C@@H]1CCC[C@H](C)N1C[C@@H](NC(=O)Nc1cccc(C(F)(F)F)c1)C(N)=O.